The van der Waals surface area contributed by atoms with Crippen molar-refractivity contribution in [2.45, 2.75) is 26.9 Å². The van der Waals surface area contributed by atoms with Crippen LogP contribution in [0, 0.1) is 19.7 Å². The Morgan fingerprint density at radius 2 is 2.10 bits per heavy atom. The van der Waals surface area contributed by atoms with Gasteiger partial charge in [-0.1, -0.05) is 6.07 Å². The van der Waals surface area contributed by atoms with Crippen molar-refractivity contribution < 1.29 is 14.3 Å². The van der Waals surface area contributed by atoms with Crippen LogP contribution < -0.4 is 5.32 Å². The minimum atomic E-state index is -0.597. The first-order valence-corrected chi connectivity index (χ1v) is 6.81. The Labute approximate surface area is 123 Å². The molecule has 2 N–H and O–H groups in total. The highest BCUT2D eigenvalue weighted by Crippen LogP contribution is 2.21. The zero-order valence-corrected chi connectivity index (χ0v) is 12.4. The quantitative estimate of drug-likeness (QED) is 0.908. The average molecular weight is 290 g/mol. The molecule has 2 aromatic rings. The third-order valence-corrected chi connectivity index (χ3v) is 3.30. The van der Waals surface area contributed by atoms with Gasteiger partial charge in [0, 0.05) is 23.6 Å². The Morgan fingerprint density at radius 1 is 1.38 bits per heavy atom. The van der Waals surface area contributed by atoms with Gasteiger partial charge in [0.25, 0.3) is 5.91 Å². The van der Waals surface area contributed by atoms with Gasteiger partial charge in [-0.25, -0.2) is 4.39 Å². The second kappa shape index (κ2) is 6.10. The van der Waals surface area contributed by atoms with Crippen molar-refractivity contribution in [2.75, 3.05) is 6.54 Å². The van der Waals surface area contributed by atoms with Crippen LogP contribution in [0.1, 0.15) is 28.7 Å². The Morgan fingerprint density at radius 3 is 2.71 bits per heavy atom. The molecule has 1 unspecified atom stereocenters. The normalized spacial score (nSPS) is 12.2. The molecule has 1 aromatic heterocycles. The maximum Gasteiger partial charge on any atom is 0.253 e. The molecule has 21 heavy (non-hydrogen) atoms. The fourth-order valence-electron chi connectivity index (χ4n) is 2.34. The number of benzene rings is 1. The SMILES string of the molecule is Cc1cc(C(=O)NCC(C)O)c(C)n1-c1cccc(F)c1. The largest absolute Gasteiger partial charge is 0.392 e. The predicted octanol–water partition coefficient (Wildman–Crippen LogP) is 2.34. The van der Waals surface area contributed by atoms with Crippen molar-refractivity contribution >= 4 is 5.91 Å². The van der Waals surface area contributed by atoms with E-state index in [0.29, 0.717) is 11.3 Å². The van der Waals surface area contributed by atoms with Crippen LogP contribution in [0.3, 0.4) is 0 Å². The number of hydrogen-bond donors (Lipinski definition) is 2. The Bertz CT molecular complexity index is 662. The van der Waals surface area contributed by atoms with Crippen molar-refractivity contribution in [3.05, 3.63) is 53.1 Å². The molecular weight excluding hydrogens is 271 g/mol. The van der Waals surface area contributed by atoms with Crippen molar-refractivity contribution in [3.63, 3.8) is 0 Å². The van der Waals surface area contributed by atoms with Crippen LogP contribution in [0.5, 0.6) is 0 Å². The molecule has 4 nitrogen and oxygen atoms in total. The molecule has 0 aliphatic carbocycles. The van der Waals surface area contributed by atoms with Gasteiger partial charge in [-0.3, -0.25) is 4.79 Å². The number of nitrogens with one attached hydrogen (secondary N) is 1. The number of aromatic nitrogens is 1. The van der Waals surface area contributed by atoms with Gasteiger partial charge in [0.15, 0.2) is 0 Å². The van der Waals surface area contributed by atoms with E-state index in [-0.39, 0.29) is 18.3 Å². The number of aliphatic hydroxyl groups is 1. The lowest BCUT2D eigenvalue weighted by molar-refractivity contribution is 0.0923. The van der Waals surface area contributed by atoms with E-state index in [2.05, 4.69) is 5.32 Å². The van der Waals surface area contributed by atoms with Crippen molar-refractivity contribution in [3.8, 4) is 5.69 Å². The van der Waals surface area contributed by atoms with E-state index in [9.17, 15) is 14.3 Å². The summed E-state index contributed by atoms with van der Waals surface area (Å²) in [7, 11) is 0. The zero-order chi connectivity index (χ0) is 15.6. The predicted molar refractivity (Wildman–Crippen MR) is 79.2 cm³/mol. The third kappa shape index (κ3) is 3.31. The van der Waals surface area contributed by atoms with E-state index in [1.165, 1.54) is 12.1 Å². The number of aliphatic hydroxyl groups excluding tert-OH is 1. The molecule has 112 valence electrons. The summed E-state index contributed by atoms with van der Waals surface area (Å²) in [6, 6.07) is 8.00. The topological polar surface area (TPSA) is 54.3 Å². The molecule has 0 radical (unpaired) electrons. The molecule has 0 fully saturated rings. The first-order valence-electron chi connectivity index (χ1n) is 6.81. The summed E-state index contributed by atoms with van der Waals surface area (Å²) in [6.45, 7) is 5.48. The minimum Gasteiger partial charge on any atom is -0.392 e. The monoisotopic (exact) mass is 290 g/mol. The Balaban J connectivity index is 2.36. The van der Waals surface area contributed by atoms with Gasteiger partial charge in [-0.2, -0.15) is 0 Å². The molecule has 0 saturated heterocycles. The van der Waals surface area contributed by atoms with Crippen LogP contribution in [0.25, 0.3) is 5.69 Å². The van der Waals surface area contributed by atoms with Gasteiger partial charge in [-0.05, 0) is 45.0 Å². The fraction of sp³-hybridized carbons (Fsp3) is 0.312. The summed E-state index contributed by atoms with van der Waals surface area (Å²) in [5.74, 6) is -0.563. The maximum atomic E-state index is 13.4. The molecule has 5 heteroatoms. The number of hydrogen-bond acceptors (Lipinski definition) is 2. The first-order chi connectivity index (χ1) is 9.90. The minimum absolute atomic E-state index is 0.197. The highest BCUT2D eigenvalue weighted by atomic mass is 19.1. The summed E-state index contributed by atoms with van der Waals surface area (Å²) >= 11 is 0. The second-order valence-corrected chi connectivity index (χ2v) is 5.16. The number of rotatable bonds is 4. The lowest BCUT2D eigenvalue weighted by Gasteiger charge is -2.10. The first kappa shape index (κ1) is 15.3. The lowest BCUT2D eigenvalue weighted by atomic mass is 10.2. The standard InChI is InChI=1S/C16H19FN2O2/c1-10-7-15(16(21)18-9-11(2)20)12(3)19(10)14-6-4-5-13(17)8-14/h4-8,11,20H,9H2,1-3H3,(H,18,21). The van der Waals surface area contributed by atoms with E-state index in [4.69, 9.17) is 0 Å². The van der Waals surface area contributed by atoms with Crippen LogP contribution in [0.4, 0.5) is 4.39 Å². The van der Waals surface area contributed by atoms with Crippen molar-refractivity contribution in [1.29, 1.82) is 0 Å². The number of halogens is 1. The van der Waals surface area contributed by atoms with Crippen LogP contribution >= 0.6 is 0 Å². The Kier molecular flexibility index (Phi) is 4.43. The summed E-state index contributed by atoms with van der Waals surface area (Å²) in [5, 5.41) is 11.9. The van der Waals surface area contributed by atoms with E-state index < -0.39 is 6.10 Å². The second-order valence-electron chi connectivity index (χ2n) is 5.16. The van der Waals surface area contributed by atoms with Gasteiger partial charge in [0.1, 0.15) is 5.82 Å². The van der Waals surface area contributed by atoms with Crippen molar-refractivity contribution in [1.82, 2.24) is 9.88 Å². The summed E-state index contributed by atoms with van der Waals surface area (Å²) in [5.41, 5.74) is 2.79. The molecule has 0 spiro atoms. The number of aryl methyl sites for hydroxylation is 1. The van der Waals surface area contributed by atoms with Gasteiger partial charge in [0.05, 0.1) is 11.7 Å². The highest BCUT2D eigenvalue weighted by Gasteiger charge is 2.17. The molecule has 2 rings (SSSR count). The van der Waals surface area contributed by atoms with E-state index in [1.54, 1.807) is 25.1 Å². The van der Waals surface area contributed by atoms with Gasteiger partial charge in [0.2, 0.25) is 0 Å². The molecule has 0 bridgehead atoms. The molecule has 1 amide bonds. The zero-order valence-electron chi connectivity index (χ0n) is 12.4. The van der Waals surface area contributed by atoms with Crippen LogP contribution in [-0.4, -0.2) is 28.2 Å². The van der Waals surface area contributed by atoms with Gasteiger partial charge >= 0.3 is 0 Å². The maximum absolute atomic E-state index is 13.4. The number of amides is 1. The molecule has 0 aliphatic heterocycles. The number of carbonyl (C=O) groups excluding carboxylic acids is 1. The van der Waals surface area contributed by atoms with E-state index in [1.807, 2.05) is 18.4 Å². The van der Waals surface area contributed by atoms with Gasteiger partial charge in [-0.15, -0.1) is 0 Å². The van der Waals surface area contributed by atoms with Crippen LogP contribution in [0.2, 0.25) is 0 Å². The van der Waals surface area contributed by atoms with Crippen molar-refractivity contribution in [2.24, 2.45) is 0 Å². The fourth-order valence-corrected chi connectivity index (χ4v) is 2.34. The molecule has 0 aliphatic rings. The van der Waals surface area contributed by atoms with E-state index in [0.717, 1.165) is 11.4 Å². The van der Waals surface area contributed by atoms with Gasteiger partial charge < -0.3 is 15.0 Å². The molecular formula is C16H19FN2O2. The van der Waals surface area contributed by atoms with E-state index >= 15 is 0 Å². The summed E-state index contributed by atoms with van der Waals surface area (Å²) < 4.78 is 15.2. The molecule has 0 saturated carbocycles. The molecule has 1 heterocycles. The third-order valence-electron chi connectivity index (χ3n) is 3.30. The molecule has 1 aromatic carbocycles. The number of nitrogens with zero attached hydrogens (tertiary/aromatic N) is 1. The van der Waals surface area contributed by atoms with Crippen LogP contribution in [-0.2, 0) is 0 Å². The Hall–Kier alpha value is -2.14. The average Bonchev–Trinajstić information content (AvgIpc) is 2.71. The highest BCUT2D eigenvalue weighted by molar-refractivity contribution is 5.95. The number of carbonyl (C=O) groups is 1. The summed E-state index contributed by atoms with van der Waals surface area (Å²) in [4.78, 5) is 12.1. The smallest absolute Gasteiger partial charge is 0.253 e. The lowest BCUT2D eigenvalue weighted by Crippen LogP contribution is -2.30. The molecule has 1 atom stereocenters. The van der Waals surface area contributed by atoms with Crippen LogP contribution in [0.15, 0.2) is 30.3 Å². The summed E-state index contributed by atoms with van der Waals surface area (Å²) in [6.07, 6.45) is -0.597.